The number of hydrogen-bond acceptors (Lipinski definition) is 4. The van der Waals surface area contributed by atoms with Crippen LogP contribution in [0.15, 0.2) is 24.3 Å². The number of unbranched alkanes of at least 4 members (excludes halogenated alkanes) is 35. The number of benzene rings is 1. The second-order valence-corrected chi connectivity index (χ2v) is 18.4. The number of nitrogens with one attached hydrogen (secondary N) is 2. The first kappa shape index (κ1) is 56.8. The summed E-state index contributed by atoms with van der Waals surface area (Å²) in [5.41, 5.74) is 0. The number of ether oxygens (including phenoxy) is 2. The first-order valence-electron chi connectivity index (χ1n) is 27.0. The highest BCUT2D eigenvalue weighted by atomic mass is 16.5. The van der Waals surface area contributed by atoms with E-state index in [1.165, 1.54) is 212 Å². The lowest BCUT2D eigenvalue weighted by atomic mass is 10.1. The molecule has 0 atom stereocenters. The molecule has 6 heteroatoms. The molecule has 61 heavy (non-hydrogen) atoms. The Kier molecular flexibility index (Phi) is 44.0. The van der Waals surface area contributed by atoms with Crippen LogP contribution >= 0.6 is 0 Å². The summed E-state index contributed by atoms with van der Waals surface area (Å²) in [4.78, 5) is 24.3. The molecule has 1 aromatic carbocycles. The van der Waals surface area contributed by atoms with E-state index in [0.717, 1.165) is 76.3 Å². The molecule has 0 spiro atoms. The van der Waals surface area contributed by atoms with Crippen molar-refractivity contribution in [3.05, 3.63) is 24.3 Å². The topological polar surface area (TPSA) is 76.7 Å². The zero-order valence-electron chi connectivity index (χ0n) is 40.8. The summed E-state index contributed by atoms with van der Waals surface area (Å²) in [5, 5.41) is 6.26. The molecule has 0 aliphatic carbocycles. The fraction of sp³-hybridized carbons (Fsp3) is 0.855. The molecule has 0 aliphatic heterocycles. The van der Waals surface area contributed by atoms with Gasteiger partial charge in [-0.05, 0) is 50.7 Å². The first-order chi connectivity index (χ1) is 30.2. The Morgan fingerprint density at radius 1 is 0.344 bits per heavy atom. The molecule has 6 nitrogen and oxygen atoms in total. The zero-order chi connectivity index (χ0) is 43.8. The summed E-state index contributed by atoms with van der Waals surface area (Å²) in [6, 6.07) is 8.14. The van der Waals surface area contributed by atoms with Crippen LogP contribution in [0.2, 0.25) is 0 Å². The molecule has 0 unspecified atom stereocenters. The van der Waals surface area contributed by atoms with Crippen LogP contribution in [-0.4, -0.2) is 38.1 Å². The van der Waals surface area contributed by atoms with Crippen LogP contribution in [0.1, 0.15) is 277 Å². The minimum Gasteiger partial charge on any atom is -0.490 e. The van der Waals surface area contributed by atoms with Gasteiger partial charge in [-0.2, -0.15) is 0 Å². The second-order valence-electron chi connectivity index (χ2n) is 18.4. The van der Waals surface area contributed by atoms with Gasteiger partial charge in [-0.1, -0.05) is 238 Å². The highest BCUT2D eigenvalue weighted by Gasteiger charge is 2.06. The summed E-state index contributed by atoms with van der Waals surface area (Å²) in [5.74, 6) is 2.25. The third-order valence-corrected chi connectivity index (χ3v) is 12.4. The number of carbonyl (C=O) groups is 2. The standard InChI is InChI=1S/C55H102N2O4/c1-3-5-7-9-11-13-20-26-32-40-48-56-54(58)46-36-30-24-18-15-16-22-28-34-42-50-60-52-44-38-39-45-53(52)61-51-43-35-29-23-17-19-25-31-37-47-55(59)57-49-41-33-27-21-14-12-10-8-6-4-2/h38-39,44-45H,3-37,40-43,46-51H2,1-2H3,(H,56,58)(H,57,59). The van der Waals surface area contributed by atoms with E-state index in [-0.39, 0.29) is 11.8 Å². The lowest BCUT2D eigenvalue weighted by Gasteiger charge is -2.12. The summed E-state index contributed by atoms with van der Waals surface area (Å²) in [6.07, 6.45) is 51.2. The van der Waals surface area contributed by atoms with E-state index < -0.39 is 0 Å². The van der Waals surface area contributed by atoms with Crippen LogP contribution in [0.25, 0.3) is 0 Å². The zero-order valence-corrected chi connectivity index (χ0v) is 40.8. The van der Waals surface area contributed by atoms with Crippen molar-refractivity contribution in [2.24, 2.45) is 0 Å². The first-order valence-corrected chi connectivity index (χ1v) is 27.0. The Morgan fingerprint density at radius 3 is 0.885 bits per heavy atom. The highest BCUT2D eigenvalue weighted by molar-refractivity contribution is 5.76. The third-order valence-electron chi connectivity index (χ3n) is 12.4. The predicted octanol–water partition coefficient (Wildman–Crippen LogP) is 16.7. The van der Waals surface area contributed by atoms with Gasteiger partial charge >= 0.3 is 0 Å². The van der Waals surface area contributed by atoms with Crippen molar-refractivity contribution in [1.29, 1.82) is 0 Å². The van der Waals surface area contributed by atoms with Gasteiger partial charge in [-0.3, -0.25) is 9.59 Å². The molecule has 1 rings (SSSR count). The van der Waals surface area contributed by atoms with Crippen molar-refractivity contribution < 1.29 is 19.1 Å². The third kappa shape index (κ3) is 41.5. The molecule has 0 heterocycles. The number of hydrogen-bond donors (Lipinski definition) is 2. The Balaban J connectivity index is 1.85. The van der Waals surface area contributed by atoms with Gasteiger partial charge in [0.05, 0.1) is 13.2 Å². The molecule has 1 aromatic rings. The SMILES string of the molecule is CCCCCCCCCCCCNC(=O)CCCCCCCCCCCCOc1ccccc1OCCCCCCCCCCCC(=O)NCCCCCCCCCCCC. The summed E-state index contributed by atoms with van der Waals surface area (Å²) >= 11 is 0. The molecule has 0 fully saturated rings. The van der Waals surface area contributed by atoms with Gasteiger partial charge in [-0.25, -0.2) is 0 Å². The van der Waals surface area contributed by atoms with Crippen LogP contribution < -0.4 is 20.1 Å². The molecule has 2 amide bonds. The number of carbonyl (C=O) groups excluding carboxylic acids is 2. The van der Waals surface area contributed by atoms with Gasteiger partial charge < -0.3 is 20.1 Å². The fourth-order valence-corrected chi connectivity index (χ4v) is 8.34. The smallest absolute Gasteiger partial charge is 0.219 e. The average molecular weight is 855 g/mol. The van der Waals surface area contributed by atoms with Crippen LogP contribution in [-0.2, 0) is 9.59 Å². The van der Waals surface area contributed by atoms with Crippen molar-refractivity contribution in [3.63, 3.8) is 0 Å². The van der Waals surface area contributed by atoms with E-state index in [9.17, 15) is 9.59 Å². The normalized spacial score (nSPS) is 11.2. The van der Waals surface area contributed by atoms with Gasteiger partial charge in [0, 0.05) is 25.9 Å². The van der Waals surface area contributed by atoms with Crippen molar-refractivity contribution in [3.8, 4) is 11.5 Å². The van der Waals surface area contributed by atoms with Crippen molar-refractivity contribution in [2.45, 2.75) is 277 Å². The lowest BCUT2D eigenvalue weighted by Crippen LogP contribution is -2.23. The van der Waals surface area contributed by atoms with Crippen molar-refractivity contribution in [2.75, 3.05) is 26.3 Å². The van der Waals surface area contributed by atoms with Crippen LogP contribution in [0.4, 0.5) is 0 Å². The molecule has 0 radical (unpaired) electrons. The van der Waals surface area contributed by atoms with Gasteiger partial charge in [-0.15, -0.1) is 0 Å². The second kappa shape index (κ2) is 47.2. The summed E-state index contributed by atoms with van der Waals surface area (Å²) in [7, 11) is 0. The fourth-order valence-electron chi connectivity index (χ4n) is 8.34. The van der Waals surface area contributed by atoms with E-state index >= 15 is 0 Å². The Morgan fingerprint density at radius 2 is 0.590 bits per heavy atom. The maximum atomic E-state index is 12.1. The molecule has 0 bridgehead atoms. The number of para-hydroxylation sites is 2. The van der Waals surface area contributed by atoms with E-state index in [2.05, 4.69) is 24.5 Å². The number of rotatable bonds is 49. The lowest BCUT2D eigenvalue weighted by molar-refractivity contribution is -0.122. The molecular weight excluding hydrogens is 753 g/mol. The minimum atomic E-state index is 0.246. The van der Waals surface area contributed by atoms with E-state index in [0.29, 0.717) is 12.8 Å². The Hall–Kier alpha value is -2.24. The van der Waals surface area contributed by atoms with E-state index in [1.807, 2.05) is 24.3 Å². The molecule has 0 saturated carbocycles. The quantitative estimate of drug-likeness (QED) is 0.0640. The van der Waals surface area contributed by atoms with Gasteiger partial charge in [0.2, 0.25) is 11.8 Å². The van der Waals surface area contributed by atoms with Crippen LogP contribution in [0.3, 0.4) is 0 Å². The molecule has 0 aliphatic rings. The largest absolute Gasteiger partial charge is 0.490 e. The monoisotopic (exact) mass is 855 g/mol. The van der Waals surface area contributed by atoms with Gasteiger partial charge in [0.15, 0.2) is 11.5 Å². The number of amides is 2. The Labute approximate surface area is 379 Å². The maximum absolute atomic E-state index is 12.1. The molecule has 356 valence electrons. The van der Waals surface area contributed by atoms with Gasteiger partial charge in [0.1, 0.15) is 0 Å². The average Bonchev–Trinajstić information content (AvgIpc) is 3.27. The van der Waals surface area contributed by atoms with Crippen LogP contribution in [0.5, 0.6) is 11.5 Å². The summed E-state index contributed by atoms with van der Waals surface area (Å²) < 4.78 is 12.3. The van der Waals surface area contributed by atoms with Crippen LogP contribution in [0, 0.1) is 0 Å². The van der Waals surface area contributed by atoms with E-state index in [1.54, 1.807) is 0 Å². The van der Waals surface area contributed by atoms with Gasteiger partial charge in [0.25, 0.3) is 0 Å². The molecule has 0 aromatic heterocycles. The maximum Gasteiger partial charge on any atom is 0.219 e. The molecule has 0 saturated heterocycles. The Bertz CT molecular complexity index is 1060. The van der Waals surface area contributed by atoms with Crippen molar-refractivity contribution >= 4 is 11.8 Å². The van der Waals surface area contributed by atoms with Crippen molar-refractivity contribution in [1.82, 2.24) is 10.6 Å². The summed E-state index contributed by atoms with van der Waals surface area (Å²) in [6.45, 7) is 7.76. The van der Waals surface area contributed by atoms with E-state index in [4.69, 9.17) is 9.47 Å². The predicted molar refractivity (Wildman–Crippen MR) is 264 cm³/mol. The highest BCUT2D eigenvalue weighted by Crippen LogP contribution is 2.27. The molecular formula is C55H102N2O4. The minimum absolute atomic E-state index is 0.246. The molecule has 2 N–H and O–H groups in total.